The summed E-state index contributed by atoms with van der Waals surface area (Å²) in [5.74, 6) is 1.51. The second kappa shape index (κ2) is 11.4. The summed E-state index contributed by atoms with van der Waals surface area (Å²) in [4.78, 5) is 32.7. The summed E-state index contributed by atoms with van der Waals surface area (Å²) in [7, 11) is 0. The molecule has 10 heteroatoms. The largest absolute Gasteiger partial charge is 0.337 e. The van der Waals surface area contributed by atoms with E-state index in [1.54, 1.807) is 16.7 Å². The molecule has 0 aliphatic heterocycles. The van der Waals surface area contributed by atoms with Crippen LogP contribution in [-0.2, 0) is 19.5 Å². The van der Waals surface area contributed by atoms with Crippen molar-refractivity contribution in [2.75, 3.05) is 0 Å². The Kier molecular flexibility index (Phi) is 7.35. The van der Waals surface area contributed by atoms with E-state index in [0.29, 0.717) is 42.2 Å². The molecule has 3 aromatic carbocycles. The van der Waals surface area contributed by atoms with Gasteiger partial charge in [-0.3, -0.25) is 9.36 Å². The van der Waals surface area contributed by atoms with Crippen molar-refractivity contribution >= 4 is 11.2 Å². The van der Waals surface area contributed by atoms with E-state index < -0.39 is 0 Å². The number of aromatic nitrogens is 8. The number of tetrazole rings is 1. The maximum Gasteiger partial charge on any atom is 0.337 e. The first-order valence-corrected chi connectivity index (χ1v) is 14.2. The van der Waals surface area contributed by atoms with Gasteiger partial charge in [0, 0.05) is 25.1 Å². The van der Waals surface area contributed by atoms with Crippen molar-refractivity contribution in [3.8, 4) is 28.2 Å². The van der Waals surface area contributed by atoms with Crippen LogP contribution in [0.5, 0.6) is 0 Å². The van der Waals surface area contributed by atoms with E-state index in [9.17, 15) is 9.59 Å². The Labute approximate surface area is 242 Å². The number of hydrogen-bond donors (Lipinski definition) is 1. The zero-order chi connectivity index (χ0) is 29.2. The number of aromatic amines is 1. The molecule has 3 heterocycles. The van der Waals surface area contributed by atoms with E-state index in [-0.39, 0.29) is 17.2 Å². The smallest absolute Gasteiger partial charge is 0.318 e. The van der Waals surface area contributed by atoms with Crippen molar-refractivity contribution < 1.29 is 0 Å². The fourth-order valence-electron chi connectivity index (χ4n) is 5.39. The lowest BCUT2D eigenvalue weighted by molar-refractivity contribution is 0.506. The van der Waals surface area contributed by atoms with Crippen molar-refractivity contribution in [3.63, 3.8) is 0 Å². The van der Waals surface area contributed by atoms with Crippen molar-refractivity contribution in [3.05, 3.63) is 111 Å². The molecule has 6 rings (SSSR count). The molecule has 0 spiro atoms. The molecule has 0 bridgehead atoms. The molecule has 0 atom stereocenters. The van der Waals surface area contributed by atoms with Crippen LogP contribution < -0.4 is 11.2 Å². The molecule has 0 amide bonds. The molecule has 10 nitrogen and oxygen atoms in total. The van der Waals surface area contributed by atoms with Gasteiger partial charge in [-0.2, -0.15) is 5.21 Å². The van der Waals surface area contributed by atoms with Crippen molar-refractivity contribution in [1.82, 2.24) is 39.3 Å². The van der Waals surface area contributed by atoms with Crippen LogP contribution in [0.4, 0.5) is 0 Å². The maximum absolute atomic E-state index is 14.1. The standard InChI is InChI=1S/C32H32N8O2/c1-4-10-27-33-30-28(31(41)40(24-11-6-5-7-12-24)32(42)39(30)19-21(2)3)38(27)20-22-15-17-23(18-16-22)25-13-8-9-14-26(25)29-34-36-37-35-29/h5-9,11-18,21H,4,10,19-20H2,1-3H3,(H,34,35,36,37). The van der Waals surface area contributed by atoms with Gasteiger partial charge in [0.25, 0.3) is 5.56 Å². The van der Waals surface area contributed by atoms with Crippen molar-refractivity contribution in [2.24, 2.45) is 5.92 Å². The van der Waals surface area contributed by atoms with Crippen LogP contribution in [-0.4, -0.2) is 39.3 Å². The van der Waals surface area contributed by atoms with Gasteiger partial charge in [-0.05, 0) is 46.4 Å². The predicted octanol–water partition coefficient (Wildman–Crippen LogP) is 4.85. The van der Waals surface area contributed by atoms with Gasteiger partial charge in [0.2, 0.25) is 5.82 Å². The van der Waals surface area contributed by atoms with Gasteiger partial charge in [-0.15, -0.1) is 10.2 Å². The summed E-state index contributed by atoms with van der Waals surface area (Å²) in [5, 5.41) is 14.5. The number of nitrogens with zero attached hydrogens (tertiary/aromatic N) is 7. The number of H-pyrrole nitrogens is 1. The second-order valence-corrected chi connectivity index (χ2v) is 10.8. The minimum atomic E-state index is -0.371. The first-order valence-electron chi connectivity index (χ1n) is 14.2. The van der Waals surface area contributed by atoms with Gasteiger partial charge in [-0.25, -0.2) is 14.3 Å². The van der Waals surface area contributed by atoms with Crippen LogP contribution in [0.15, 0.2) is 88.5 Å². The Balaban J connectivity index is 1.48. The van der Waals surface area contributed by atoms with E-state index in [1.807, 2.05) is 47.0 Å². The number of benzene rings is 3. The average Bonchev–Trinajstić information content (AvgIpc) is 3.66. The molecule has 0 aliphatic carbocycles. The normalized spacial score (nSPS) is 11.5. The molecule has 212 valence electrons. The molecule has 0 saturated heterocycles. The quantitative estimate of drug-likeness (QED) is 0.270. The molecule has 0 fully saturated rings. The number of imidazole rings is 1. The fourth-order valence-corrected chi connectivity index (χ4v) is 5.39. The third-order valence-electron chi connectivity index (χ3n) is 7.27. The summed E-state index contributed by atoms with van der Waals surface area (Å²) in [6.07, 6.45) is 1.54. The summed E-state index contributed by atoms with van der Waals surface area (Å²) in [6.45, 7) is 7.10. The summed E-state index contributed by atoms with van der Waals surface area (Å²) >= 11 is 0. The summed E-state index contributed by atoms with van der Waals surface area (Å²) in [6, 6.07) is 25.3. The SMILES string of the molecule is CCCc1nc2c(c(=O)n(-c3ccccc3)c(=O)n2CC(C)C)n1Cc1ccc(-c2ccccc2-c2nn[nH]n2)cc1. The van der Waals surface area contributed by atoms with Crippen LogP contribution in [0, 0.1) is 5.92 Å². The third kappa shape index (κ3) is 4.96. The van der Waals surface area contributed by atoms with Gasteiger partial charge >= 0.3 is 5.69 Å². The highest BCUT2D eigenvalue weighted by molar-refractivity contribution is 5.80. The summed E-state index contributed by atoms with van der Waals surface area (Å²) < 4.78 is 4.91. The average molecular weight is 561 g/mol. The van der Waals surface area contributed by atoms with Crippen molar-refractivity contribution in [1.29, 1.82) is 0 Å². The maximum atomic E-state index is 14.1. The van der Waals surface area contributed by atoms with Gasteiger partial charge in [-0.1, -0.05) is 87.5 Å². The lowest BCUT2D eigenvalue weighted by Gasteiger charge is -2.14. The van der Waals surface area contributed by atoms with Crippen LogP contribution >= 0.6 is 0 Å². The van der Waals surface area contributed by atoms with Gasteiger partial charge in [0.1, 0.15) is 5.82 Å². The van der Waals surface area contributed by atoms with Crippen LogP contribution in [0.25, 0.3) is 39.4 Å². The number of para-hydroxylation sites is 1. The Morgan fingerprint density at radius 2 is 1.57 bits per heavy atom. The molecule has 42 heavy (non-hydrogen) atoms. The van der Waals surface area contributed by atoms with Gasteiger partial charge < -0.3 is 4.57 Å². The van der Waals surface area contributed by atoms with E-state index in [4.69, 9.17) is 4.98 Å². The second-order valence-electron chi connectivity index (χ2n) is 10.8. The Hall–Kier alpha value is -5.12. The molecular formula is C32H32N8O2. The number of nitrogens with one attached hydrogen (secondary N) is 1. The third-order valence-corrected chi connectivity index (χ3v) is 7.27. The zero-order valence-electron chi connectivity index (χ0n) is 23.9. The molecule has 0 saturated carbocycles. The van der Waals surface area contributed by atoms with E-state index in [0.717, 1.165) is 34.5 Å². The van der Waals surface area contributed by atoms with Crippen LogP contribution in [0.1, 0.15) is 38.6 Å². The first kappa shape index (κ1) is 27.1. The Morgan fingerprint density at radius 3 is 2.24 bits per heavy atom. The Bertz CT molecular complexity index is 1950. The zero-order valence-corrected chi connectivity index (χ0v) is 23.9. The van der Waals surface area contributed by atoms with E-state index in [1.165, 1.54) is 4.57 Å². The van der Waals surface area contributed by atoms with Crippen molar-refractivity contribution in [2.45, 2.75) is 46.7 Å². The minimum absolute atomic E-state index is 0.190. The molecule has 1 N–H and O–H groups in total. The molecule has 6 aromatic rings. The highest BCUT2D eigenvalue weighted by atomic mass is 16.2. The fraction of sp³-hybridized carbons (Fsp3) is 0.250. The molecule has 0 aliphatic rings. The minimum Gasteiger partial charge on any atom is -0.318 e. The highest BCUT2D eigenvalue weighted by Crippen LogP contribution is 2.30. The van der Waals surface area contributed by atoms with Gasteiger partial charge in [0.15, 0.2) is 11.2 Å². The topological polar surface area (TPSA) is 116 Å². The molecule has 0 radical (unpaired) electrons. The van der Waals surface area contributed by atoms with Gasteiger partial charge in [0.05, 0.1) is 5.69 Å². The highest BCUT2D eigenvalue weighted by Gasteiger charge is 2.23. The monoisotopic (exact) mass is 560 g/mol. The lowest BCUT2D eigenvalue weighted by atomic mass is 9.98. The molecule has 3 aromatic heterocycles. The van der Waals surface area contributed by atoms with E-state index in [2.05, 4.69) is 65.7 Å². The number of fused-ring (bicyclic) bond motifs is 1. The number of rotatable bonds is 9. The Morgan fingerprint density at radius 1 is 0.857 bits per heavy atom. The van der Waals surface area contributed by atoms with E-state index >= 15 is 0 Å². The van der Waals surface area contributed by atoms with Crippen LogP contribution in [0.2, 0.25) is 0 Å². The summed E-state index contributed by atoms with van der Waals surface area (Å²) in [5.41, 5.74) is 4.60. The predicted molar refractivity (Wildman–Crippen MR) is 163 cm³/mol. The lowest BCUT2D eigenvalue weighted by Crippen LogP contribution is -2.40. The van der Waals surface area contributed by atoms with Crippen LogP contribution in [0.3, 0.4) is 0 Å². The number of aryl methyl sites for hydroxylation is 1. The molecule has 0 unspecified atom stereocenters. The molecular weight excluding hydrogens is 528 g/mol. The first-order chi connectivity index (χ1) is 20.5. The number of hydrogen-bond acceptors (Lipinski definition) is 6.